The average Bonchev–Trinajstić information content (AvgIpc) is 2.44. The van der Waals surface area contributed by atoms with Crippen LogP contribution < -0.4 is 4.72 Å². The molecule has 1 aromatic rings. The van der Waals surface area contributed by atoms with Crippen molar-refractivity contribution in [3.8, 4) is 0 Å². The molecule has 9 heteroatoms. The molecular weight excluding hydrogens is 334 g/mol. The van der Waals surface area contributed by atoms with Crippen molar-refractivity contribution in [2.24, 2.45) is 5.92 Å². The largest absolute Gasteiger partial charge is 0.347 e. The third-order valence-corrected chi connectivity index (χ3v) is 5.06. The third kappa shape index (κ3) is 4.75. The number of nitrogens with one attached hydrogen (secondary N) is 1. The molecule has 0 saturated heterocycles. The number of nitrogens with zero attached hydrogens (tertiary/aromatic N) is 2. The van der Waals surface area contributed by atoms with Crippen LogP contribution in [0.1, 0.15) is 25.8 Å². The van der Waals surface area contributed by atoms with Crippen LogP contribution in [-0.4, -0.2) is 44.3 Å². The van der Waals surface area contributed by atoms with Gasteiger partial charge in [-0.1, -0.05) is 26.0 Å². The van der Waals surface area contributed by atoms with Gasteiger partial charge in [-0.3, -0.25) is 14.9 Å². The molecule has 24 heavy (non-hydrogen) atoms. The number of sulfonamides is 1. The van der Waals surface area contributed by atoms with Gasteiger partial charge < -0.3 is 4.90 Å². The van der Waals surface area contributed by atoms with E-state index in [1.807, 2.05) is 13.8 Å². The molecule has 0 aromatic heterocycles. The van der Waals surface area contributed by atoms with Crippen LogP contribution in [0.3, 0.4) is 0 Å². The minimum absolute atomic E-state index is 0.0634. The minimum Gasteiger partial charge on any atom is -0.347 e. The van der Waals surface area contributed by atoms with Crippen LogP contribution in [0.4, 0.5) is 5.69 Å². The number of aryl methyl sites for hydroxylation is 1. The highest BCUT2D eigenvalue weighted by molar-refractivity contribution is 7.89. The Morgan fingerprint density at radius 1 is 1.33 bits per heavy atom. The van der Waals surface area contributed by atoms with Gasteiger partial charge in [-0.05, 0) is 24.8 Å². The number of nitro groups is 1. The molecule has 134 valence electrons. The minimum atomic E-state index is -4.23. The lowest BCUT2D eigenvalue weighted by Crippen LogP contribution is -2.47. The molecule has 8 nitrogen and oxygen atoms in total. The molecule has 0 bridgehead atoms. The molecule has 0 fully saturated rings. The monoisotopic (exact) mass is 357 g/mol. The van der Waals surface area contributed by atoms with Crippen LogP contribution in [0.25, 0.3) is 0 Å². The predicted octanol–water partition coefficient (Wildman–Crippen LogP) is 1.68. The van der Waals surface area contributed by atoms with Gasteiger partial charge in [0, 0.05) is 20.2 Å². The predicted molar refractivity (Wildman–Crippen MR) is 90.1 cm³/mol. The maximum atomic E-state index is 12.7. The Balaban J connectivity index is 3.33. The summed E-state index contributed by atoms with van der Waals surface area (Å²) in [4.78, 5) is 23.6. The van der Waals surface area contributed by atoms with E-state index in [4.69, 9.17) is 0 Å². The van der Waals surface area contributed by atoms with Gasteiger partial charge in [-0.25, -0.2) is 8.42 Å². The maximum absolute atomic E-state index is 12.7. The lowest BCUT2D eigenvalue weighted by atomic mass is 10.0. The van der Waals surface area contributed by atoms with Gasteiger partial charge in [-0.2, -0.15) is 4.72 Å². The average molecular weight is 357 g/mol. The van der Waals surface area contributed by atoms with Crippen molar-refractivity contribution in [3.05, 3.63) is 33.9 Å². The Morgan fingerprint density at radius 3 is 2.38 bits per heavy atom. The first-order chi connectivity index (χ1) is 11.0. The van der Waals surface area contributed by atoms with Crippen LogP contribution in [-0.2, 0) is 14.8 Å². The van der Waals surface area contributed by atoms with E-state index < -0.39 is 37.5 Å². The standard InChI is InChI=1S/C15H23N3O5S/c1-10(2)9-12(15(19)17(4)5)16-24(22,23)14-11(3)7-6-8-13(14)18(20)21/h6-8,10,12,16H,9H2,1-5H3/t12-/m1/s1. The molecule has 0 aliphatic rings. The first-order valence-electron chi connectivity index (χ1n) is 7.45. The van der Waals surface area contributed by atoms with E-state index in [1.165, 1.54) is 38.1 Å². The second kappa shape index (κ2) is 7.71. The van der Waals surface area contributed by atoms with Crippen molar-refractivity contribution in [3.63, 3.8) is 0 Å². The van der Waals surface area contributed by atoms with Crippen molar-refractivity contribution >= 4 is 21.6 Å². The summed E-state index contributed by atoms with van der Waals surface area (Å²) in [6.45, 7) is 5.20. The summed E-state index contributed by atoms with van der Waals surface area (Å²) < 4.78 is 27.8. The lowest BCUT2D eigenvalue weighted by Gasteiger charge is -2.23. The molecule has 0 saturated carbocycles. The van der Waals surface area contributed by atoms with Gasteiger partial charge in [0.1, 0.15) is 6.04 Å². The molecule has 1 atom stereocenters. The number of hydrogen-bond acceptors (Lipinski definition) is 5. The van der Waals surface area contributed by atoms with Crippen molar-refractivity contribution < 1.29 is 18.1 Å². The number of benzene rings is 1. The number of hydrogen-bond donors (Lipinski definition) is 1. The second-order valence-electron chi connectivity index (χ2n) is 6.22. The number of carbonyl (C=O) groups is 1. The fraction of sp³-hybridized carbons (Fsp3) is 0.533. The molecule has 0 radical (unpaired) electrons. The van der Waals surface area contributed by atoms with Crippen molar-refractivity contribution in [1.29, 1.82) is 0 Å². The molecule has 0 heterocycles. The zero-order chi connectivity index (χ0) is 18.7. The highest BCUT2D eigenvalue weighted by Gasteiger charge is 2.33. The van der Waals surface area contributed by atoms with Gasteiger partial charge in [0.2, 0.25) is 15.9 Å². The Kier molecular flexibility index (Phi) is 6.44. The normalized spacial score (nSPS) is 12.9. The molecule has 0 aliphatic carbocycles. The summed E-state index contributed by atoms with van der Waals surface area (Å²) in [6, 6.07) is 3.05. The summed E-state index contributed by atoms with van der Waals surface area (Å²) in [7, 11) is -1.17. The third-order valence-electron chi connectivity index (χ3n) is 3.40. The van der Waals surface area contributed by atoms with Gasteiger partial charge in [0.05, 0.1) is 4.92 Å². The van der Waals surface area contributed by atoms with Crippen LogP contribution in [0.2, 0.25) is 0 Å². The van der Waals surface area contributed by atoms with Crippen LogP contribution in [0, 0.1) is 23.0 Å². The Hall–Kier alpha value is -2.00. The number of likely N-dealkylation sites (N-methyl/N-ethyl adjacent to an activating group) is 1. The maximum Gasteiger partial charge on any atom is 0.289 e. The second-order valence-corrected chi connectivity index (χ2v) is 7.87. The highest BCUT2D eigenvalue weighted by atomic mass is 32.2. The molecule has 1 amide bonds. The summed E-state index contributed by atoms with van der Waals surface area (Å²) in [6.07, 6.45) is 0.288. The van der Waals surface area contributed by atoms with E-state index in [1.54, 1.807) is 0 Å². The summed E-state index contributed by atoms with van der Waals surface area (Å²) >= 11 is 0. The van der Waals surface area contributed by atoms with Crippen molar-refractivity contribution in [1.82, 2.24) is 9.62 Å². The Morgan fingerprint density at radius 2 is 1.92 bits per heavy atom. The van der Waals surface area contributed by atoms with E-state index in [-0.39, 0.29) is 17.9 Å². The smallest absolute Gasteiger partial charge is 0.289 e. The number of carbonyl (C=O) groups excluding carboxylic acids is 1. The van der Waals surface area contributed by atoms with Crippen LogP contribution in [0.5, 0.6) is 0 Å². The van der Waals surface area contributed by atoms with Gasteiger partial charge >= 0.3 is 0 Å². The van der Waals surface area contributed by atoms with E-state index >= 15 is 0 Å². The molecule has 1 rings (SSSR count). The Labute approximate surface area is 142 Å². The van der Waals surface area contributed by atoms with Crippen molar-refractivity contribution in [2.75, 3.05) is 14.1 Å². The fourth-order valence-electron chi connectivity index (χ4n) is 2.36. The van der Waals surface area contributed by atoms with Crippen LogP contribution in [0.15, 0.2) is 23.1 Å². The molecule has 1 aromatic carbocycles. The molecule has 0 aliphatic heterocycles. The molecule has 0 unspecified atom stereocenters. The first-order valence-corrected chi connectivity index (χ1v) is 8.93. The summed E-state index contributed by atoms with van der Waals surface area (Å²) in [5.41, 5.74) is -0.264. The summed E-state index contributed by atoms with van der Waals surface area (Å²) in [5.74, 6) is -0.336. The fourth-order valence-corrected chi connectivity index (χ4v) is 3.96. The van der Waals surface area contributed by atoms with E-state index in [0.717, 1.165) is 6.07 Å². The van der Waals surface area contributed by atoms with Gasteiger partial charge in [-0.15, -0.1) is 0 Å². The quantitative estimate of drug-likeness (QED) is 0.590. The van der Waals surface area contributed by atoms with Gasteiger partial charge in [0.15, 0.2) is 4.90 Å². The zero-order valence-electron chi connectivity index (χ0n) is 14.4. The number of rotatable bonds is 7. The first kappa shape index (κ1) is 20.0. The van der Waals surface area contributed by atoms with Gasteiger partial charge in [0.25, 0.3) is 5.69 Å². The molecular formula is C15H23N3O5S. The SMILES string of the molecule is Cc1cccc([N+](=O)[O-])c1S(=O)(=O)N[C@H](CC(C)C)C(=O)N(C)C. The van der Waals surface area contributed by atoms with E-state index in [9.17, 15) is 23.3 Å². The van der Waals surface area contributed by atoms with E-state index in [0.29, 0.717) is 0 Å². The zero-order valence-corrected chi connectivity index (χ0v) is 15.3. The summed E-state index contributed by atoms with van der Waals surface area (Å²) in [5, 5.41) is 11.2. The number of amides is 1. The molecule has 1 N–H and O–H groups in total. The molecule has 0 spiro atoms. The van der Waals surface area contributed by atoms with Crippen LogP contribution >= 0.6 is 0 Å². The van der Waals surface area contributed by atoms with E-state index in [2.05, 4.69) is 4.72 Å². The Bertz CT molecular complexity index is 729. The number of nitro benzene ring substituents is 1. The topological polar surface area (TPSA) is 110 Å². The lowest BCUT2D eigenvalue weighted by molar-refractivity contribution is -0.387. The highest BCUT2D eigenvalue weighted by Crippen LogP contribution is 2.27. The van der Waals surface area contributed by atoms with Crippen molar-refractivity contribution in [2.45, 2.75) is 38.1 Å².